The smallest absolute Gasteiger partial charge is 0.0249 e. The second-order valence-electron chi connectivity index (χ2n) is 3.34. The molecule has 1 fully saturated rings. The highest BCUT2D eigenvalue weighted by molar-refractivity contribution is 5.85. The minimum absolute atomic E-state index is 0. The van der Waals surface area contributed by atoms with Gasteiger partial charge >= 0.3 is 0 Å². The molecule has 0 aliphatic carbocycles. The van der Waals surface area contributed by atoms with Gasteiger partial charge in [-0.1, -0.05) is 0 Å². The van der Waals surface area contributed by atoms with Crippen LogP contribution in [0.25, 0.3) is 0 Å². The lowest BCUT2D eigenvalue weighted by Gasteiger charge is -2.23. The number of halogens is 2. The van der Waals surface area contributed by atoms with Gasteiger partial charge in [-0.3, -0.25) is 0 Å². The van der Waals surface area contributed by atoms with Crippen LogP contribution >= 0.6 is 24.8 Å². The molecule has 2 N–H and O–H groups in total. The standard InChI is InChI=1S/C7H16N2.2ClH/c1-7(2)6-8-4-3-5-9-7;;/h8-9H,3-6H2,1-2H3;2*1H. The second kappa shape index (κ2) is 6.06. The maximum absolute atomic E-state index is 3.46. The summed E-state index contributed by atoms with van der Waals surface area (Å²) in [5.41, 5.74) is 0.302. The van der Waals surface area contributed by atoms with E-state index in [4.69, 9.17) is 0 Å². The first-order chi connectivity index (χ1) is 4.21. The zero-order valence-corrected chi connectivity index (χ0v) is 8.78. The van der Waals surface area contributed by atoms with Crippen molar-refractivity contribution >= 4 is 24.8 Å². The van der Waals surface area contributed by atoms with Gasteiger partial charge in [0.25, 0.3) is 0 Å². The van der Waals surface area contributed by atoms with E-state index in [-0.39, 0.29) is 24.8 Å². The molecule has 0 spiro atoms. The van der Waals surface area contributed by atoms with Gasteiger partial charge in [-0.05, 0) is 33.4 Å². The largest absolute Gasteiger partial charge is 0.315 e. The Hall–Kier alpha value is 0.500. The highest BCUT2D eigenvalue weighted by Gasteiger charge is 2.17. The summed E-state index contributed by atoms with van der Waals surface area (Å²) in [4.78, 5) is 0. The molecule has 1 aliphatic heterocycles. The van der Waals surface area contributed by atoms with Gasteiger partial charge in [0.1, 0.15) is 0 Å². The normalized spacial score (nSPS) is 22.4. The maximum atomic E-state index is 3.46. The summed E-state index contributed by atoms with van der Waals surface area (Å²) < 4.78 is 0. The van der Waals surface area contributed by atoms with Crippen LogP contribution in [0.1, 0.15) is 20.3 Å². The van der Waals surface area contributed by atoms with Crippen LogP contribution in [0.3, 0.4) is 0 Å². The Morgan fingerprint density at radius 2 is 1.73 bits per heavy atom. The van der Waals surface area contributed by atoms with Crippen molar-refractivity contribution < 1.29 is 0 Å². The minimum atomic E-state index is 0. The molecule has 0 amide bonds. The third-order valence-electron chi connectivity index (χ3n) is 1.70. The van der Waals surface area contributed by atoms with E-state index in [0.717, 1.165) is 19.6 Å². The molecule has 0 atom stereocenters. The molecular weight excluding hydrogens is 183 g/mol. The SMILES string of the molecule is CC1(C)CNCCCN1.Cl.Cl. The van der Waals surface area contributed by atoms with E-state index in [1.54, 1.807) is 0 Å². The minimum Gasteiger partial charge on any atom is -0.315 e. The molecular formula is C7H18Cl2N2. The van der Waals surface area contributed by atoms with E-state index in [1.807, 2.05) is 0 Å². The Kier molecular flexibility index (Phi) is 7.75. The third kappa shape index (κ3) is 5.74. The first-order valence-electron chi connectivity index (χ1n) is 3.66. The second-order valence-corrected chi connectivity index (χ2v) is 3.34. The molecule has 1 aliphatic rings. The van der Waals surface area contributed by atoms with Gasteiger partial charge < -0.3 is 10.6 Å². The summed E-state index contributed by atoms with van der Waals surface area (Å²) >= 11 is 0. The van der Waals surface area contributed by atoms with Crippen LogP contribution in [0, 0.1) is 0 Å². The molecule has 1 rings (SSSR count). The Morgan fingerprint density at radius 3 is 2.36 bits per heavy atom. The molecule has 0 aromatic rings. The van der Waals surface area contributed by atoms with Crippen LogP contribution in [0.5, 0.6) is 0 Å². The van der Waals surface area contributed by atoms with Crippen molar-refractivity contribution in [1.29, 1.82) is 0 Å². The molecule has 0 saturated carbocycles. The average molecular weight is 201 g/mol. The summed E-state index contributed by atoms with van der Waals surface area (Å²) in [5.74, 6) is 0. The molecule has 0 unspecified atom stereocenters. The summed E-state index contributed by atoms with van der Waals surface area (Å²) in [5, 5.41) is 6.83. The Labute approximate surface area is 81.3 Å². The Bertz CT molecular complexity index is 86.4. The van der Waals surface area contributed by atoms with Crippen molar-refractivity contribution in [1.82, 2.24) is 10.6 Å². The molecule has 0 aromatic heterocycles. The van der Waals surface area contributed by atoms with Crippen LogP contribution in [0.4, 0.5) is 0 Å². The first kappa shape index (κ1) is 14.0. The molecule has 0 aromatic carbocycles. The van der Waals surface area contributed by atoms with Crippen LogP contribution in [0.15, 0.2) is 0 Å². The van der Waals surface area contributed by atoms with Crippen molar-refractivity contribution in [2.24, 2.45) is 0 Å². The van der Waals surface area contributed by atoms with Crippen molar-refractivity contribution in [3.8, 4) is 0 Å². The molecule has 1 saturated heterocycles. The van der Waals surface area contributed by atoms with Gasteiger partial charge in [-0.25, -0.2) is 0 Å². The monoisotopic (exact) mass is 200 g/mol. The highest BCUT2D eigenvalue weighted by atomic mass is 35.5. The van der Waals surface area contributed by atoms with Crippen molar-refractivity contribution in [2.45, 2.75) is 25.8 Å². The van der Waals surface area contributed by atoms with Gasteiger partial charge in [-0.15, -0.1) is 24.8 Å². The van der Waals surface area contributed by atoms with Crippen LogP contribution in [0.2, 0.25) is 0 Å². The van der Waals surface area contributed by atoms with Gasteiger partial charge in [0.2, 0.25) is 0 Å². The van der Waals surface area contributed by atoms with Gasteiger partial charge in [0, 0.05) is 12.1 Å². The summed E-state index contributed by atoms with van der Waals surface area (Å²) in [6.45, 7) is 7.86. The quantitative estimate of drug-likeness (QED) is 0.615. The number of rotatable bonds is 0. The number of hydrogen-bond donors (Lipinski definition) is 2. The van der Waals surface area contributed by atoms with Crippen molar-refractivity contribution in [3.63, 3.8) is 0 Å². The van der Waals surface area contributed by atoms with Gasteiger partial charge in [0.05, 0.1) is 0 Å². The molecule has 70 valence electrons. The topological polar surface area (TPSA) is 24.1 Å². The zero-order valence-electron chi connectivity index (χ0n) is 7.14. The third-order valence-corrected chi connectivity index (χ3v) is 1.70. The molecule has 11 heavy (non-hydrogen) atoms. The number of hydrogen-bond acceptors (Lipinski definition) is 2. The number of nitrogens with one attached hydrogen (secondary N) is 2. The lowest BCUT2D eigenvalue weighted by molar-refractivity contribution is 0.402. The maximum Gasteiger partial charge on any atom is 0.0249 e. The Morgan fingerprint density at radius 1 is 1.09 bits per heavy atom. The first-order valence-corrected chi connectivity index (χ1v) is 3.66. The van der Waals surface area contributed by atoms with Crippen LogP contribution < -0.4 is 10.6 Å². The van der Waals surface area contributed by atoms with Crippen LogP contribution in [-0.4, -0.2) is 25.2 Å². The predicted molar refractivity (Wildman–Crippen MR) is 54.1 cm³/mol. The fourth-order valence-electron chi connectivity index (χ4n) is 1.10. The zero-order chi connectivity index (χ0) is 6.74. The molecule has 2 nitrogen and oxygen atoms in total. The van der Waals surface area contributed by atoms with E-state index >= 15 is 0 Å². The lowest BCUT2D eigenvalue weighted by Crippen LogP contribution is -2.44. The van der Waals surface area contributed by atoms with E-state index in [1.165, 1.54) is 6.42 Å². The summed E-state index contributed by atoms with van der Waals surface area (Å²) in [6.07, 6.45) is 1.25. The summed E-state index contributed by atoms with van der Waals surface area (Å²) in [7, 11) is 0. The van der Waals surface area contributed by atoms with E-state index < -0.39 is 0 Å². The molecule has 0 radical (unpaired) electrons. The van der Waals surface area contributed by atoms with Gasteiger partial charge in [0.15, 0.2) is 0 Å². The summed E-state index contributed by atoms with van der Waals surface area (Å²) in [6, 6.07) is 0. The highest BCUT2D eigenvalue weighted by Crippen LogP contribution is 2.01. The average Bonchev–Trinajstić information content (AvgIpc) is 1.92. The van der Waals surface area contributed by atoms with E-state index in [0.29, 0.717) is 5.54 Å². The molecule has 0 bridgehead atoms. The fraction of sp³-hybridized carbons (Fsp3) is 1.00. The van der Waals surface area contributed by atoms with Crippen molar-refractivity contribution in [3.05, 3.63) is 0 Å². The predicted octanol–water partition coefficient (Wildman–Crippen LogP) is 1.19. The van der Waals surface area contributed by atoms with Gasteiger partial charge in [-0.2, -0.15) is 0 Å². The Balaban J connectivity index is 0. The fourth-order valence-corrected chi connectivity index (χ4v) is 1.10. The van der Waals surface area contributed by atoms with E-state index in [2.05, 4.69) is 24.5 Å². The lowest BCUT2D eigenvalue weighted by atomic mass is 10.1. The van der Waals surface area contributed by atoms with Crippen LogP contribution in [-0.2, 0) is 0 Å². The van der Waals surface area contributed by atoms with Crippen molar-refractivity contribution in [2.75, 3.05) is 19.6 Å². The molecule has 1 heterocycles. The molecule has 4 heteroatoms. The van der Waals surface area contributed by atoms with E-state index in [9.17, 15) is 0 Å².